The molecular weight excluding hydrogens is 252 g/mol. The van der Waals surface area contributed by atoms with E-state index in [4.69, 9.17) is 10.8 Å². The first-order chi connectivity index (χ1) is 9.52. The Morgan fingerprint density at radius 2 is 1.70 bits per heavy atom. The molecule has 0 bridgehead atoms. The van der Waals surface area contributed by atoms with Gasteiger partial charge in [-0.3, -0.25) is 4.79 Å². The maximum atomic E-state index is 12.3. The Morgan fingerprint density at radius 1 is 1.10 bits per heavy atom. The minimum absolute atomic E-state index is 0.0441. The molecule has 1 amide bonds. The van der Waals surface area contributed by atoms with Crippen LogP contribution in [0.5, 0.6) is 0 Å². The number of aliphatic hydroxyl groups excluding tert-OH is 1. The van der Waals surface area contributed by atoms with Gasteiger partial charge < -0.3 is 15.7 Å². The van der Waals surface area contributed by atoms with Gasteiger partial charge in [0.05, 0.1) is 6.04 Å². The van der Waals surface area contributed by atoms with Gasteiger partial charge >= 0.3 is 0 Å². The highest BCUT2D eigenvalue weighted by atomic mass is 16.3. The van der Waals surface area contributed by atoms with Crippen molar-refractivity contribution in [1.82, 2.24) is 4.90 Å². The smallest absolute Gasteiger partial charge is 0.239 e. The molecule has 0 saturated carbocycles. The van der Waals surface area contributed by atoms with Crippen molar-refractivity contribution in [2.24, 2.45) is 11.7 Å². The van der Waals surface area contributed by atoms with Crippen LogP contribution in [0.3, 0.4) is 0 Å². The van der Waals surface area contributed by atoms with Crippen molar-refractivity contribution in [2.45, 2.75) is 71.8 Å². The molecule has 0 aromatic heterocycles. The summed E-state index contributed by atoms with van der Waals surface area (Å²) in [6.07, 6.45) is 7.28. The number of rotatable bonds is 12. The Kier molecular flexibility index (Phi) is 11.8. The molecule has 0 rings (SSSR count). The first-order valence-corrected chi connectivity index (χ1v) is 8.18. The summed E-state index contributed by atoms with van der Waals surface area (Å²) in [6, 6.07) is -0.399. The first kappa shape index (κ1) is 19.4. The second-order valence-electron chi connectivity index (χ2n) is 6.05. The number of nitrogens with zero attached hydrogens (tertiary/aromatic N) is 1. The van der Waals surface area contributed by atoms with Crippen LogP contribution in [0.25, 0.3) is 0 Å². The van der Waals surface area contributed by atoms with Gasteiger partial charge in [0, 0.05) is 19.7 Å². The molecular formula is C16H34N2O2. The standard InChI is InChI=1S/C16H34N2O2/c1-4-5-6-7-8-10-18(11-9-12-19)16(20)15(17)13-14(2)3/h14-15,19H,4-13,17H2,1-3H3/t15-/m1/s1. The lowest BCUT2D eigenvalue weighted by atomic mass is 10.0. The maximum Gasteiger partial charge on any atom is 0.239 e. The SMILES string of the molecule is CCCCCCCN(CCCO)C(=O)[C@H](N)CC(C)C. The fourth-order valence-electron chi connectivity index (χ4n) is 2.34. The summed E-state index contributed by atoms with van der Waals surface area (Å²) in [5.74, 6) is 0.473. The number of aliphatic hydroxyl groups is 1. The number of unbranched alkanes of at least 4 members (excludes halogenated alkanes) is 4. The molecule has 0 saturated heterocycles. The third kappa shape index (κ3) is 9.32. The highest BCUT2D eigenvalue weighted by molar-refractivity contribution is 5.81. The molecule has 0 aliphatic carbocycles. The average molecular weight is 286 g/mol. The molecule has 0 unspecified atom stereocenters. The molecule has 0 radical (unpaired) electrons. The van der Waals surface area contributed by atoms with E-state index in [1.165, 1.54) is 19.3 Å². The number of hydrogen-bond acceptors (Lipinski definition) is 3. The number of carbonyl (C=O) groups excluding carboxylic acids is 1. The second kappa shape index (κ2) is 12.2. The summed E-state index contributed by atoms with van der Waals surface area (Å²) in [4.78, 5) is 14.2. The van der Waals surface area contributed by atoms with Crippen LogP contribution in [-0.4, -0.2) is 41.7 Å². The number of amides is 1. The van der Waals surface area contributed by atoms with Gasteiger partial charge in [-0.15, -0.1) is 0 Å². The lowest BCUT2D eigenvalue weighted by molar-refractivity contribution is -0.133. The lowest BCUT2D eigenvalue weighted by Gasteiger charge is -2.26. The van der Waals surface area contributed by atoms with Crippen LogP contribution in [0.15, 0.2) is 0 Å². The van der Waals surface area contributed by atoms with Gasteiger partial charge in [0.25, 0.3) is 0 Å². The minimum Gasteiger partial charge on any atom is -0.396 e. The van der Waals surface area contributed by atoms with Crippen LogP contribution in [0.1, 0.15) is 65.7 Å². The monoisotopic (exact) mass is 286 g/mol. The Hall–Kier alpha value is -0.610. The van der Waals surface area contributed by atoms with E-state index in [1.807, 2.05) is 4.90 Å². The molecule has 20 heavy (non-hydrogen) atoms. The summed E-state index contributed by atoms with van der Waals surface area (Å²) >= 11 is 0. The van der Waals surface area contributed by atoms with Crippen LogP contribution in [0.4, 0.5) is 0 Å². The van der Waals surface area contributed by atoms with E-state index in [0.29, 0.717) is 18.9 Å². The van der Waals surface area contributed by atoms with Crippen molar-refractivity contribution in [3.8, 4) is 0 Å². The fraction of sp³-hybridized carbons (Fsp3) is 0.938. The van der Waals surface area contributed by atoms with Crippen molar-refractivity contribution in [3.63, 3.8) is 0 Å². The van der Waals surface area contributed by atoms with Gasteiger partial charge in [0.15, 0.2) is 0 Å². The van der Waals surface area contributed by atoms with E-state index in [9.17, 15) is 4.79 Å². The molecule has 4 heteroatoms. The summed E-state index contributed by atoms with van der Waals surface area (Å²) < 4.78 is 0. The third-order valence-electron chi connectivity index (χ3n) is 3.47. The van der Waals surface area contributed by atoms with Crippen LogP contribution >= 0.6 is 0 Å². The largest absolute Gasteiger partial charge is 0.396 e. The van der Waals surface area contributed by atoms with Gasteiger partial charge in [-0.25, -0.2) is 0 Å². The van der Waals surface area contributed by atoms with E-state index in [1.54, 1.807) is 0 Å². The van der Waals surface area contributed by atoms with E-state index in [-0.39, 0.29) is 12.5 Å². The van der Waals surface area contributed by atoms with E-state index < -0.39 is 6.04 Å². The maximum absolute atomic E-state index is 12.3. The average Bonchev–Trinajstić information content (AvgIpc) is 2.40. The first-order valence-electron chi connectivity index (χ1n) is 8.18. The molecule has 0 heterocycles. The molecule has 3 N–H and O–H groups in total. The summed E-state index contributed by atoms with van der Waals surface area (Å²) in [6.45, 7) is 7.87. The van der Waals surface area contributed by atoms with Crippen molar-refractivity contribution in [1.29, 1.82) is 0 Å². The van der Waals surface area contributed by atoms with Crippen LogP contribution in [-0.2, 0) is 4.79 Å². The van der Waals surface area contributed by atoms with E-state index in [2.05, 4.69) is 20.8 Å². The number of nitrogens with two attached hydrogens (primary N) is 1. The van der Waals surface area contributed by atoms with Crippen molar-refractivity contribution in [2.75, 3.05) is 19.7 Å². The molecule has 4 nitrogen and oxygen atoms in total. The highest BCUT2D eigenvalue weighted by Gasteiger charge is 2.21. The predicted octanol–water partition coefficient (Wildman–Crippen LogP) is 2.54. The topological polar surface area (TPSA) is 66.6 Å². The number of carbonyl (C=O) groups is 1. The van der Waals surface area contributed by atoms with E-state index >= 15 is 0 Å². The summed E-state index contributed by atoms with van der Waals surface area (Å²) in [7, 11) is 0. The van der Waals surface area contributed by atoms with Gasteiger partial charge in [-0.2, -0.15) is 0 Å². The molecule has 0 spiro atoms. The Morgan fingerprint density at radius 3 is 2.25 bits per heavy atom. The van der Waals surface area contributed by atoms with Crippen molar-refractivity contribution in [3.05, 3.63) is 0 Å². The molecule has 1 atom stereocenters. The number of hydrogen-bond donors (Lipinski definition) is 2. The molecule has 0 fully saturated rings. The minimum atomic E-state index is -0.399. The zero-order valence-corrected chi connectivity index (χ0v) is 13.6. The molecule has 0 aliphatic heterocycles. The Bertz CT molecular complexity index is 245. The van der Waals surface area contributed by atoms with Gasteiger partial charge in [0.1, 0.15) is 0 Å². The summed E-state index contributed by atoms with van der Waals surface area (Å²) in [5, 5.41) is 8.95. The highest BCUT2D eigenvalue weighted by Crippen LogP contribution is 2.09. The van der Waals surface area contributed by atoms with Crippen molar-refractivity contribution >= 4 is 5.91 Å². The Labute approximate surface area is 124 Å². The van der Waals surface area contributed by atoms with Crippen LogP contribution in [0, 0.1) is 5.92 Å². The third-order valence-corrected chi connectivity index (χ3v) is 3.47. The van der Waals surface area contributed by atoms with Crippen LogP contribution < -0.4 is 5.73 Å². The molecule has 0 aromatic rings. The predicted molar refractivity (Wildman–Crippen MR) is 84.5 cm³/mol. The lowest BCUT2D eigenvalue weighted by Crippen LogP contribution is -2.45. The van der Waals surface area contributed by atoms with Crippen LogP contribution in [0.2, 0.25) is 0 Å². The van der Waals surface area contributed by atoms with E-state index in [0.717, 1.165) is 25.8 Å². The van der Waals surface area contributed by atoms with Crippen molar-refractivity contribution < 1.29 is 9.90 Å². The molecule has 0 aliphatic rings. The second-order valence-corrected chi connectivity index (χ2v) is 6.05. The zero-order chi connectivity index (χ0) is 15.4. The van der Waals surface area contributed by atoms with Gasteiger partial charge in [-0.1, -0.05) is 46.5 Å². The van der Waals surface area contributed by atoms with Gasteiger partial charge in [-0.05, 0) is 25.2 Å². The zero-order valence-electron chi connectivity index (χ0n) is 13.6. The Balaban J connectivity index is 4.20. The quantitative estimate of drug-likeness (QED) is 0.542. The fourth-order valence-corrected chi connectivity index (χ4v) is 2.34. The normalized spacial score (nSPS) is 12.7. The summed E-state index contributed by atoms with van der Waals surface area (Å²) in [5.41, 5.74) is 5.99. The van der Waals surface area contributed by atoms with Gasteiger partial charge in [0.2, 0.25) is 5.91 Å². The molecule has 0 aromatic carbocycles. The molecule has 120 valence electrons.